The van der Waals surface area contributed by atoms with E-state index in [1.165, 1.54) is 11.3 Å². The Bertz CT molecular complexity index is 542. The molecule has 110 valence electrons. The van der Waals surface area contributed by atoms with Gasteiger partial charge in [0.2, 0.25) is 0 Å². The Balaban J connectivity index is 2.11. The van der Waals surface area contributed by atoms with Crippen LogP contribution in [0.1, 0.15) is 29.9 Å². The summed E-state index contributed by atoms with van der Waals surface area (Å²) < 4.78 is 1.08. The molecule has 2 aromatic heterocycles. The maximum Gasteiger partial charge on any atom is 0.261 e. The van der Waals surface area contributed by atoms with Gasteiger partial charge in [0.15, 0.2) is 5.13 Å². The van der Waals surface area contributed by atoms with Crippen molar-refractivity contribution >= 4 is 43.2 Å². The zero-order chi connectivity index (χ0) is 14.5. The van der Waals surface area contributed by atoms with Gasteiger partial charge in [-0.25, -0.2) is 4.98 Å². The zero-order valence-corrected chi connectivity index (χ0v) is 13.4. The van der Waals surface area contributed by atoms with E-state index in [0.29, 0.717) is 13.1 Å². The summed E-state index contributed by atoms with van der Waals surface area (Å²) in [6.07, 6.45) is 0.801. The largest absolute Gasteiger partial charge is 0.351 e. The molecule has 0 spiro atoms. The molecule has 2 rings (SSSR count). The van der Waals surface area contributed by atoms with Crippen molar-refractivity contribution in [3.05, 3.63) is 10.9 Å². The molecular weight excluding hydrogens is 292 g/mol. The van der Waals surface area contributed by atoms with E-state index < -0.39 is 0 Å². The van der Waals surface area contributed by atoms with Crippen LogP contribution in [0.5, 0.6) is 0 Å². The molecule has 3 N–H and O–H groups in total. The standard InChI is InChI=1S/C13H20N4OS2/c1-3-17(4-2)13-16-12-10(20-13)8-9(19-12)11(18)15-7-5-6-14/h8H,3-7,14H2,1-2H3,(H,15,18). The van der Waals surface area contributed by atoms with E-state index in [-0.39, 0.29) is 5.91 Å². The Hall–Kier alpha value is -1.18. The lowest BCUT2D eigenvalue weighted by Crippen LogP contribution is -2.25. The number of carbonyl (C=O) groups is 1. The van der Waals surface area contributed by atoms with Gasteiger partial charge in [-0.1, -0.05) is 11.3 Å². The molecule has 2 heterocycles. The SMILES string of the molecule is CCN(CC)c1nc2sc(C(=O)NCCCN)cc2s1. The van der Waals surface area contributed by atoms with E-state index in [4.69, 9.17) is 5.73 Å². The summed E-state index contributed by atoms with van der Waals surface area (Å²) in [6.45, 7) is 7.35. The van der Waals surface area contributed by atoms with Gasteiger partial charge >= 0.3 is 0 Å². The summed E-state index contributed by atoms with van der Waals surface area (Å²) in [5, 5.41) is 3.90. The number of nitrogens with two attached hydrogens (primary N) is 1. The van der Waals surface area contributed by atoms with Gasteiger partial charge in [0.05, 0.1) is 9.58 Å². The van der Waals surface area contributed by atoms with E-state index in [2.05, 4.69) is 29.0 Å². The van der Waals surface area contributed by atoms with Crippen molar-refractivity contribution in [1.82, 2.24) is 10.3 Å². The second kappa shape index (κ2) is 7.01. The molecule has 5 nitrogen and oxygen atoms in total. The average Bonchev–Trinajstić information content (AvgIpc) is 2.99. The van der Waals surface area contributed by atoms with Crippen LogP contribution in [-0.2, 0) is 0 Å². The highest BCUT2D eigenvalue weighted by molar-refractivity contribution is 7.29. The van der Waals surface area contributed by atoms with E-state index in [9.17, 15) is 4.79 Å². The zero-order valence-electron chi connectivity index (χ0n) is 11.8. The monoisotopic (exact) mass is 312 g/mol. The summed E-state index contributed by atoms with van der Waals surface area (Å²) in [5.41, 5.74) is 5.41. The highest BCUT2D eigenvalue weighted by atomic mass is 32.1. The van der Waals surface area contributed by atoms with Crippen molar-refractivity contribution in [3.8, 4) is 0 Å². The van der Waals surface area contributed by atoms with Crippen LogP contribution in [0, 0.1) is 0 Å². The topological polar surface area (TPSA) is 71.2 Å². The summed E-state index contributed by atoms with van der Waals surface area (Å²) in [5.74, 6) is -0.0296. The number of thiazole rings is 1. The van der Waals surface area contributed by atoms with Gasteiger partial charge in [-0.15, -0.1) is 11.3 Å². The van der Waals surface area contributed by atoms with Crippen molar-refractivity contribution in [2.24, 2.45) is 5.73 Å². The Labute approximate surface area is 126 Å². The first kappa shape index (κ1) is 15.2. The molecule has 0 saturated heterocycles. The molecule has 0 bridgehead atoms. The van der Waals surface area contributed by atoms with Crippen LogP contribution in [0.15, 0.2) is 6.07 Å². The third-order valence-corrected chi connectivity index (χ3v) is 5.22. The van der Waals surface area contributed by atoms with Crippen molar-refractivity contribution in [3.63, 3.8) is 0 Å². The maximum absolute atomic E-state index is 11.9. The minimum Gasteiger partial charge on any atom is -0.351 e. The molecule has 1 amide bonds. The number of hydrogen-bond donors (Lipinski definition) is 2. The molecule has 0 aliphatic rings. The molecule has 2 aromatic rings. The van der Waals surface area contributed by atoms with Crippen molar-refractivity contribution < 1.29 is 4.79 Å². The van der Waals surface area contributed by atoms with Crippen LogP contribution >= 0.6 is 22.7 Å². The summed E-state index contributed by atoms with van der Waals surface area (Å²) in [4.78, 5) is 20.5. The molecule has 7 heteroatoms. The fourth-order valence-electron chi connectivity index (χ4n) is 1.86. The van der Waals surface area contributed by atoms with Crippen LogP contribution in [0.4, 0.5) is 5.13 Å². The van der Waals surface area contributed by atoms with E-state index in [1.54, 1.807) is 11.3 Å². The Morgan fingerprint density at radius 2 is 2.15 bits per heavy atom. The average molecular weight is 312 g/mol. The number of nitrogens with one attached hydrogen (secondary N) is 1. The lowest BCUT2D eigenvalue weighted by atomic mass is 10.4. The number of anilines is 1. The highest BCUT2D eigenvalue weighted by Gasteiger charge is 2.15. The minimum atomic E-state index is -0.0296. The van der Waals surface area contributed by atoms with Gasteiger partial charge in [0.1, 0.15) is 4.83 Å². The van der Waals surface area contributed by atoms with Crippen LogP contribution in [0.2, 0.25) is 0 Å². The quantitative estimate of drug-likeness (QED) is 0.770. The minimum absolute atomic E-state index is 0.0296. The van der Waals surface area contributed by atoms with Crippen LogP contribution in [-0.4, -0.2) is 37.1 Å². The van der Waals surface area contributed by atoms with E-state index in [0.717, 1.165) is 39.0 Å². The van der Waals surface area contributed by atoms with E-state index >= 15 is 0 Å². The van der Waals surface area contributed by atoms with Gasteiger partial charge in [-0.05, 0) is 32.9 Å². The highest BCUT2D eigenvalue weighted by Crippen LogP contribution is 2.34. The molecule has 0 saturated carbocycles. The summed E-state index contributed by atoms with van der Waals surface area (Å²) >= 11 is 3.10. The number of fused-ring (bicyclic) bond motifs is 1. The van der Waals surface area contributed by atoms with Crippen molar-refractivity contribution in [1.29, 1.82) is 0 Å². The van der Waals surface area contributed by atoms with Gasteiger partial charge in [-0.3, -0.25) is 4.79 Å². The van der Waals surface area contributed by atoms with Gasteiger partial charge in [0, 0.05) is 19.6 Å². The summed E-state index contributed by atoms with van der Waals surface area (Å²) in [7, 11) is 0. The fourth-order valence-corrected chi connectivity index (χ4v) is 4.11. The second-order valence-electron chi connectivity index (χ2n) is 4.35. The molecule has 0 aromatic carbocycles. The molecule has 0 aliphatic heterocycles. The number of aromatic nitrogens is 1. The molecule has 20 heavy (non-hydrogen) atoms. The number of hydrogen-bond acceptors (Lipinski definition) is 6. The van der Waals surface area contributed by atoms with Crippen molar-refractivity contribution in [2.75, 3.05) is 31.1 Å². The van der Waals surface area contributed by atoms with E-state index in [1.807, 2.05) is 6.07 Å². The van der Waals surface area contributed by atoms with Crippen LogP contribution < -0.4 is 16.0 Å². The summed E-state index contributed by atoms with van der Waals surface area (Å²) in [6, 6.07) is 1.93. The number of amides is 1. The first-order chi connectivity index (χ1) is 9.69. The lowest BCUT2D eigenvalue weighted by molar-refractivity contribution is 0.0957. The lowest BCUT2D eigenvalue weighted by Gasteiger charge is -2.16. The predicted molar refractivity (Wildman–Crippen MR) is 87.1 cm³/mol. The van der Waals surface area contributed by atoms with Crippen LogP contribution in [0.25, 0.3) is 9.53 Å². The van der Waals surface area contributed by atoms with Crippen LogP contribution in [0.3, 0.4) is 0 Å². The normalized spacial score (nSPS) is 10.9. The number of nitrogens with zero attached hydrogens (tertiary/aromatic N) is 2. The molecule has 0 fully saturated rings. The maximum atomic E-state index is 11.9. The molecule has 0 aliphatic carbocycles. The van der Waals surface area contributed by atoms with Gasteiger partial charge in [-0.2, -0.15) is 0 Å². The number of thiophene rings is 1. The Kier molecular flexibility index (Phi) is 5.33. The third kappa shape index (κ3) is 3.28. The smallest absolute Gasteiger partial charge is 0.261 e. The number of carbonyl (C=O) groups excluding carboxylic acids is 1. The Morgan fingerprint density at radius 1 is 1.40 bits per heavy atom. The fraction of sp³-hybridized carbons (Fsp3) is 0.538. The van der Waals surface area contributed by atoms with Gasteiger partial charge < -0.3 is 16.0 Å². The molecule has 0 atom stereocenters. The predicted octanol–water partition coefficient (Wildman–Crippen LogP) is 2.28. The molecular formula is C13H20N4OS2. The molecule has 0 radical (unpaired) electrons. The first-order valence-electron chi connectivity index (χ1n) is 6.83. The van der Waals surface area contributed by atoms with Crippen molar-refractivity contribution in [2.45, 2.75) is 20.3 Å². The Morgan fingerprint density at radius 3 is 2.75 bits per heavy atom. The second-order valence-corrected chi connectivity index (χ2v) is 6.39. The molecule has 0 unspecified atom stereocenters. The van der Waals surface area contributed by atoms with Gasteiger partial charge in [0.25, 0.3) is 5.91 Å². The number of rotatable bonds is 7. The third-order valence-electron chi connectivity index (χ3n) is 3.00. The first-order valence-corrected chi connectivity index (χ1v) is 8.46.